The molecule has 8 rings (SSSR count). The van der Waals surface area contributed by atoms with E-state index in [0.29, 0.717) is 0 Å². The zero-order valence-corrected chi connectivity index (χ0v) is 54.7. The zero-order valence-electron chi connectivity index (χ0n) is 113. The minimum absolute atomic E-state index is 0.193. The molecule has 0 spiro atoms. The van der Waals surface area contributed by atoms with E-state index in [9.17, 15) is 0 Å². The molecule has 0 aliphatic carbocycles. The molecule has 8 aromatic carbocycles. The van der Waals surface area contributed by atoms with Crippen LogP contribution in [0.15, 0.2) is 151 Å². The molecule has 8 aromatic rings. The van der Waals surface area contributed by atoms with Crippen LogP contribution in [0.3, 0.4) is 0 Å². The average molecular weight is 1720 g/mol. The Labute approximate surface area is 650 Å². The highest BCUT2D eigenvalue weighted by Gasteiger charge is 2.22. The Morgan fingerprint density at radius 1 is 0.354 bits per heavy atom. The van der Waals surface area contributed by atoms with Gasteiger partial charge < -0.3 is 0 Å². The molecule has 2 unspecified atom stereocenters. The molecular formula is C72H89I5Si2. The molecule has 7 heteroatoms. The van der Waals surface area contributed by atoms with Gasteiger partial charge in [0.1, 0.15) is 0 Å². The maximum atomic E-state index is 8.74. The van der Waals surface area contributed by atoms with Crippen LogP contribution in [-0.2, 0) is 0 Å². The normalized spacial score (nSPS) is 28.3. The molecule has 0 N–H and O–H groups in total. The van der Waals surface area contributed by atoms with E-state index in [4.69, 9.17) is 97.3 Å². The van der Waals surface area contributed by atoms with Gasteiger partial charge in [-0.25, -0.2) is 0 Å². The van der Waals surface area contributed by atoms with Crippen LogP contribution in [0.25, 0.3) is 33.4 Å². The predicted octanol–water partition coefficient (Wildman–Crippen LogP) is 23.9. The molecule has 0 aliphatic heterocycles. The van der Waals surface area contributed by atoms with E-state index in [2.05, 4.69) is 0 Å². The van der Waals surface area contributed by atoms with E-state index in [1.54, 1.807) is 0 Å². The maximum Gasteiger partial charge on any atom is 0.0776 e. The van der Waals surface area contributed by atoms with Gasteiger partial charge in [0.25, 0.3) is 0 Å². The summed E-state index contributed by atoms with van der Waals surface area (Å²) in [7, 11) is -7.38. The molecule has 0 amide bonds. The second kappa shape index (κ2) is 31.7. The van der Waals surface area contributed by atoms with Crippen molar-refractivity contribution in [1.82, 2.24) is 0 Å². The fraction of sp³-hybridized carbons (Fsp3) is 0.333. The van der Waals surface area contributed by atoms with Crippen LogP contribution in [0.4, 0.5) is 0 Å². The Morgan fingerprint density at radius 3 is 1.10 bits per heavy atom. The smallest absolute Gasteiger partial charge is 0.0656 e. The number of rotatable bonds is 9. The topological polar surface area (TPSA) is 0 Å². The van der Waals surface area contributed by atoms with Gasteiger partial charge in [-0.3, -0.25) is 0 Å². The minimum atomic E-state index is -3.89. The third-order valence-electron chi connectivity index (χ3n) is 9.51. The molecule has 79 heavy (non-hydrogen) atoms. The molecule has 0 aromatic heterocycles. The van der Waals surface area contributed by atoms with Gasteiger partial charge in [0.05, 0.1) is 50.4 Å². The summed E-state index contributed by atoms with van der Waals surface area (Å²) >= 11 is 7.12. The van der Waals surface area contributed by atoms with Crippen molar-refractivity contribution in [3.63, 3.8) is 0 Å². The summed E-state index contributed by atoms with van der Waals surface area (Å²) in [6.45, 7) is -36.1. The van der Waals surface area contributed by atoms with Crippen molar-refractivity contribution in [1.29, 1.82) is 0 Å². The van der Waals surface area contributed by atoms with E-state index >= 15 is 0 Å². The Hall–Kier alpha value is -2.16. The molecule has 0 aliphatic rings. The summed E-state index contributed by atoms with van der Waals surface area (Å²) in [5.41, 5.74) is -10.9. The van der Waals surface area contributed by atoms with Crippen molar-refractivity contribution in [2.24, 2.45) is 0 Å². The third kappa shape index (κ3) is 20.3. The molecule has 0 saturated carbocycles. The van der Waals surface area contributed by atoms with Crippen molar-refractivity contribution >= 4 is 139 Å². The van der Waals surface area contributed by atoms with Gasteiger partial charge in [-0.2, -0.15) is 0 Å². The summed E-state index contributed by atoms with van der Waals surface area (Å²) < 4.78 is 561. The first-order chi connectivity index (χ1) is 65.8. The first-order valence-electron chi connectivity index (χ1n) is 57.2. The molecule has 0 nitrogen and oxygen atoms in total. The standard InChI is InChI=1S/C18H21I.C15H25ISi.2C14H13I.C11H17ISi/c1-12(2)16-10-15(14-8-6-5-7-9-14)11-17(13(3)4)18(16)19;1-10(2)13-8-12(17(5,6)7)9-14(11(3)4)15(13)16;1-10-8-13(9-11(2)14(10)15)12-6-4-3-5-7-12;1-10-8-9-13(11(2)14(10)15)12-6-4-3-5-7-12;1-8-6-10(13(3,4)5)7-9(2)11(8)12/h5-13H,1-4H3;8-11H,1-7H3;2*3-9H,1-2H3;6-7H,1-5H3/i1D3,2D3,3D3,5D,6D,7D,8D,9D,10D,11D,12D,13D;1D3,2D3,3D3,5D3,8D,9D,10D,11D;2*1D3,2D3,3D,4D,5D,6D,7D,8D,9D;1D3,2D3,3D3,6D,7D. The first-order valence-corrected chi connectivity index (χ1v) is 33.1. The van der Waals surface area contributed by atoms with Crippen LogP contribution in [0, 0.1) is 59.0 Å². The van der Waals surface area contributed by atoms with E-state index in [1.165, 1.54) is 139 Å². The van der Waals surface area contributed by atoms with Gasteiger partial charge in [-0.1, -0.05) is 243 Å². The van der Waals surface area contributed by atoms with Gasteiger partial charge >= 0.3 is 0 Å². The SMILES string of the molecule is [2H]c1c(C([2H])(C)C([2H])([2H])[2H])c(I)c(C([2H])(C([2H])([2H])[2H])C([2H])([2H])[2H])c([2H])c1[Si](C)(C)C([2H])([2H])[2H].[2H]c1c(C([2H])([2H])[2H])c(I)c(C([2H])([2H])[2H])c([2H])c1[Si](C)(C)C([2H])([2H])[2H].[2H]c1c([2H])c([2H])c(-c2c([2H])c(C([2H])(C)C([2H])([2H])[2H])c(I)c(C([2H])(C([2H])([2H])[2H])C([2H])([2H])[2H])c2[2H])c([2H])c1[2H].[2H]c1c([2H])c([2H])c(-c2c([2H])c(C([2H])([2H])[2H])c(I)c(C([2H])([2H])[2H])c2[2H])c([2H])c1[2H].[2H]c1c([2H])c([2H])c(-c2c([2H])c([2H])c(C([2H])([2H])[2H])c(I)c2C([2H])([2H])[2H])c([2H])c1[2H]. The van der Waals surface area contributed by atoms with Crippen molar-refractivity contribution in [2.45, 2.75) is 159 Å². The monoisotopic (exact) mass is 1720 g/mol. The lowest BCUT2D eigenvalue weighted by atomic mass is 9.91. The van der Waals surface area contributed by atoms with Gasteiger partial charge in [-0.15, -0.1) is 0 Å². The molecule has 0 saturated heterocycles. The number of benzene rings is 8. The molecule has 0 heterocycles. The maximum absolute atomic E-state index is 8.74. The summed E-state index contributed by atoms with van der Waals surface area (Å²) in [6, 6.07) is -19.6. The quantitative estimate of drug-likeness (QED) is 0.0998. The summed E-state index contributed by atoms with van der Waals surface area (Å²) in [5.74, 6) is -12.4. The summed E-state index contributed by atoms with van der Waals surface area (Å²) in [4.78, 5) is 0. The van der Waals surface area contributed by atoms with Gasteiger partial charge in [-0.05, 0) is 279 Å². The van der Waals surface area contributed by atoms with Gasteiger partial charge in [0.2, 0.25) is 0 Å². The van der Waals surface area contributed by atoms with E-state index in [1.807, 2.05) is 0 Å². The van der Waals surface area contributed by atoms with Gasteiger partial charge in [0.15, 0.2) is 0 Å². The van der Waals surface area contributed by atoms with E-state index in [-0.39, 0.29) is 15.9 Å². The summed E-state index contributed by atoms with van der Waals surface area (Å²) in [6.07, 6.45) is 0. The Kier molecular flexibility index (Phi) is 7.78. The molecular weight excluding hydrogens is 1560 g/mol. The lowest BCUT2D eigenvalue weighted by molar-refractivity contribution is 0.823. The fourth-order valence-electron chi connectivity index (χ4n) is 5.59. The van der Waals surface area contributed by atoms with E-state index in [0.717, 1.165) is 13.8 Å². The Morgan fingerprint density at radius 2 is 0.709 bits per heavy atom. The second-order valence-electron chi connectivity index (χ2n) is 16.7. The fourth-order valence-corrected chi connectivity index (χ4v) is 10.2. The lowest BCUT2D eigenvalue weighted by Crippen LogP contribution is -2.38. The van der Waals surface area contributed by atoms with Crippen LogP contribution in [0.2, 0.25) is 39.1 Å². The van der Waals surface area contributed by atoms with Crippen LogP contribution < -0.4 is 10.4 Å². The van der Waals surface area contributed by atoms with Crippen molar-refractivity contribution in [2.75, 3.05) is 0 Å². The Bertz CT molecular complexity index is 6310. The first kappa shape index (κ1) is 19.4. The summed E-state index contributed by atoms with van der Waals surface area (Å²) in [5, 5.41) is -0.763. The van der Waals surface area contributed by atoms with Crippen LogP contribution in [0.5, 0.6) is 0 Å². The average Bonchev–Trinajstić information content (AvgIpc) is 0.694. The highest BCUT2D eigenvalue weighted by molar-refractivity contribution is 14.1. The number of hydrogen-bond donors (Lipinski definition) is 0. The molecule has 0 radical (unpaired) electrons. The second-order valence-corrected chi connectivity index (χ2v) is 29.6. The lowest BCUT2D eigenvalue weighted by Gasteiger charge is -2.23. The van der Waals surface area contributed by atoms with Crippen molar-refractivity contribution in [3.8, 4) is 33.4 Å². The van der Waals surface area contributed by atoms with Crippen LogP contribution in [0.1, 0.15) is 231 Å². The van der Waals surface area contributed by atoms with Crippen molar-refractivity contribution in [3.05, 3.63) is 225 Å². The number of halogens is 5. The highest BCUT2D eigenvalue weighted by atomic mass is 127. The number of hydrogen-bond acceptors (Lipinski definition) is 0. The minimum Gasteiger partial charge on any atom is -0.0656 e. The Balaban J connectivity index is 0.000000393. The predicted molar refractivity (Wildman–Crippen MR) is 403 cm³/mol. The zero-order chi connectivity index (χ0) is 120. The van der Waals surface area contributed by atoms with Crippen LogP contribution in [-0.4, -0.2) is 16.1 Å². The van der Waals surface area contributed by atoms with Crippen molar-refractivity contribution < 1.29 is 97.3 Å². The molecule has 2 atom stereocenters. The third-order valence-corrected chi connectivity index (χ3v) is 17.9. The highest BCUT2D eigenvalue weighted by Crippen LogP contribution is 2.35. The molecule has 0 fully saturated rings. The molecule has 420 valence electrons. The van der Waals surface area contributed by atoms with E-state index < -0.39 is 387 Å². The van der Waals surface area contributed by atoms with Gasteiger partial charge in [0, 0.05) is 80.9 Å². The molecule has 0 bridgehead atoms. The van der Waals surface area contributed by atoms with Crippen LogP contribution >= 0.6 is 113 Å². The largest absolute Gasteiger partial charge is 0.0776 e.